The Morgan fingerprint density at radius 2 is 1.50 bits per heavy atom. The van der Waals surface area contributed by atoms with Crippen LogP contribution >= 0.6 is 24.0 Å². The Balaban J connectivity index is 0. The zero-order chi connectivity index (χ0) is 21.1. The third-order valence-electron chi connectivity index (χ3n) is 2.84. The molecule has 2 amide bonds. The molecular weight excluding hydrogens is 477 g/mol. The van der Waals surface area contributed by atoms with Crippen LogP contribution < -0.4 is 16.0 Å². The molecule has 0 fully saturated rings. The minimum Gasteiger partial charge on any atom is -0.444 e. The van der Waals surface area contributed by atoms with Gasteiger partial charge in [-0.25, -0.2) is 9.59 Å². The maximum Gasteiger partial charge on any atom is 0.410 e. The molecule has 0 radical (unpaired) electrons. The van der Waals surface area contributed by atoms with Crippen molar-refractivity contribution in [1.82, 2.24) is 20.9 Å². The number of carbonyl (C=O) groups is 2. The molecule has 0 unspecified atom stereocenters. The lowest BCUT2D eigenvalue weighted by Gasteiger charge is -2.24. The van der Waals surface area contributed by atoms with Crippen LogP contribution in [0.5, 0.6) is 0 Å². The number of likely N-dealkylation sites (N-methyl/N-ethyl adjacent to an activating group) is 1. The topological polar surface area (TPSA) is 104 Å². The highest BCUT2D eigenvalue weighted by Crippen LogP contribution is 2.08. The number of aliphatic imine (C=N–C) groups is 1. The van der Waals surface area contributed by atoms with Gasteiger partial charge in [0.05, 0.1) is 6.54 Å². The summed E-state index contributed by atoms with van der Waals surface area (Å²) >= 11 is 0. The molecule has 0 aromatic carbocycles. The van der Waals surface area contributed by atoms with Gasteiger partial charge in [0, 0.05) is 33.2 Å². The van der Waals surface area contributed by atoms with Gasteiger partial charge in [-0.3, -0.25) is 4.99 Å². The number of halogens is 1. The van der Waals surface area contributed by atoms with Crippen molar-refractivity contribution in [1.29, 1.82) is 0 Å². The number of alkyl carbamates (subject to hydrolysis) is 1. The molecule has 9 nitrogen and oxygen atoms in total. The Bertz CT molecular complexity index is 501. The van der Waals surface area contributed by atoms with Gasteiger partial charge in [0.25, 0.3) is 0 Å². The van der Waals surface area contributed by atoms with Crippen LogP contribution in [-0.4, -0.2) is 74.0 Å². The molecule has 0 aliphatic heterocycles. The predicted molar refractivity (Wildman–Crippen MR) is 122 cm³/mol. The van der Waals surface area contributed by atoms with Gasteiger partial charge in [-0.05, 0) is 48.5 Å². The molecule has 0 aromatic rings. The Kier molecular flexibility index (Phi) is 14.0. The van der Waals surface area contributed by atoms with E-state index in [0.29, 0.717) is 38.7 Å². The summed E-state index contributed by atoms with van der Waals surface area (Å²) in [6, 6.07) is 0. The molecule has 0 bridgehead atoms. The summed E-state index contributed by atoms with van der Waals surface area (Å²) < 4.78 is 10.5. The fourth-order valence-corrected chi connectivity index (χ4v) is 1.75. The van der Waals surface area contributed by atoms with Crippen LogP contribution in [-0.2, 0) is 9.47 Å². The van der Waals surface area contributed by atoms with E-state index in [1.165, 1.54) is 4.90 Å². The van der Waals surface area contributed by atoms with Crippen molar-refractivity contribution in [3.05, 3.63) is 0 Å². The number of carbonyl (C=O) groups excluding carboxylic acids is 2. The van der Waals surface area contributed by atoms with Gasteiger partial charge in [-0.15, -0.1) is 24.0 Å². The summed E-state index contributed by atoms with van der Waals surface area (Å²) in [5, 5.41) is 8.91. The fraction of sp³-hybridized carbons (Fsp3) is 0.833. The molecule has 0 saturated heterocycles. The van der Waals surface area contributed by atoms with E-state index in [9.17, 15) is 9.59 Å². The minimum atomic E-state index is -0.524. The molecular formula is C18H38IN5O4. The number of guanidine groups is 1. The van der Waals surface area contributed by atoms with Gasteiger partial charge in [0.1, 0.15) is 11.2 Å². The van der Waals surface area contributed by atoms with Gasteiger partial charge in [0.15, 0.2) is 5.96 Å². The summed E-state index contributed by atoms with van der Waals surface area (Å²) in [7, 11) is 1.69. The lowest BCUT2D eigenvalue weighted by atomic mass is 10.2. The van der Waals surface area contributed by atoms with Crippen LogP contribution in [0, 0.1) is 0 Å². The first-order chi connectivity index (χ1) is 12.3. The van der Waals surface area contributed by atoms with E-state index in [1.54, 1.807) is 7.05 Å². The zero-order valence-corrected chi connectivity index (χ0v) is 20.8. The molecule has 166 valence electrons. The summed E-state index contributed by atoms with van der Waals surface area (Å²) in [5.41, 5.74) is -1.04. The van der Waals surface area contributed by atoms with Crippen LogP contribution in [0.15, 0.2) is 4.99 Å². The van der Waals surface area contributed by atoms with Crippen LogP contribution in [0.25, 0.3) is 0 Å². The highest BCUT2D eigenvalue weighted by Gasteiger charge is 2.19. The number of nitrogens with one attached hydrogen (secondary N) is 3. The smallest absolute Gasteiger partial charge is 0.410 e. The Hall–Kier alpha value is -1.46. The van der Waals surface area contributed by atoms with Crippen LogP contribution in [0.2, 0.25) is 0 Å². The van der Waals surface area contributed by atoms with Crippen molar-refractivity contribution >= 4 is 42.1 Å². The average molecular weight is 515 g/mol. The first-order valence-electron chi connectivity index (χ1n) is 9.27. The van der Waals surface area contributed by atoms with Crippen LogP contribution in [0.1, 0.15) is 48.5 Å². The van der Waals surface area contributed by atoms with E-state index < -0.39 is 17.3 Å². The standard InChI is InChI=1S/C18H37N5O4.HI/c1-9-19-14(20-10-11-22-15(24)26-17(2,3)4)21-12-13-23(8)16(25)27-18(5,6)7;/h9-13H2,1-8H3,(H,22,24)(H2,19,20,21);1H. The SMILES string of the molecule is CCNC(=NCCNC(=O)OC(C)(C)C)NCCN(C)C(=O)OC(C)(C)C.I. The number of amides is 2. The lowest BCUT2D eigenvalue weighted by molar-refractivity contribution is 0.0301. The average Bonchev–Trinajstić information content (AvgIpc) is 2.47. The number of hydrogen-bond donors (Lipinski definition) is 3. The van der Waals surface area contributed by atoms with E-state index in [0.717, 1.165) is 0 Å². The number of rotatable bonds is 7. The monoisotopic (exact) mass is 515 g/mol. The van der Waals surface area contributed by atoms with E-state index in [2.05, 4.69) is 20.9 Å². The molecule has 0 heterocycles. The molecule has 10 heteroatoms. The number of hydrogen-bond acceptors (Lipinski definition) is 5. The van der Waals surface area contributed by atoms with E-state index in [4.69, 9.17) is 9.47 Å². The maximum absolute atomic E-state index is 11.9. The Labute approximate surface area is 186 Å². The molecule has 0 aliphatic rings. The Morgan fingerprint density at radius 1 is 0.929 bits per heavy atom. The molecule has 0 saturated carbocycles. The quantitative estimate of drug-likeness (QED) is 0.209. The van der Waals surface area contributed by atoms with Crippen molar-refractivity contribution in [2.24, 2.45) is 4.99 Å². The third kappa shape index (κ3) is 16.7. The summed E-state index contributed by atoms with van der Waals surface area (Å²) in [4.78, 5) is 29.4. The van der Waals surface area contributed by atoms with Crippen molar-refractivity contribution in [2.75, 3.05) is 39.8 Å². The lowest BCUT2D eigenvalue weighted by Crippen LogP contribution is -2.43. The molecule has 3 N–H and O–H groups in total. The van der Waals surface area contributed by atoms with Crippen molar-refractivity contribution in [3.63, 3.8) is 0 Å². The second-order valence-corrected chi connectivity index (χ2v) is 8.02. The molecule has 0 rings (SSSR count). The van der Waals surface area contributed by atoms with Crippen molar-refractivity contribution in [2.45, 2.75) is 59.7 Å². The van der Waals surface area contributed by atoms with E-state index in [1.807, 2.05) is 48.5 Å². The van der Waals surface area contributed by atoms with Gasteiger partial charge in [-0.1, -0.05) is 0 Å². The van der Waals surface area contributed by atoms with Crippen LogP contribution in [0.4, 0.5) is 9.59 Å². The Morgan fingerprint density at radius 3 is 2.00 bits per heavy atom. The third-order valence-corrected chi connectivity index (χ3v) is 2.84. The first kappa shape index (κ1) is 28.7. The highest BCUT2D eigenvalue weighted by molar-refractivity contribution is 14.0. The molecule has 28 heavy (non-hydrogen) atoms. The molecule has 0 atom stereocenters. The van der Waals surface area contributed by atoms with E-state index in [-0.39, 0.29) is 30.1 Å². The summed E-state index contributed by atoms with van der Waals surface area (Å²) in [5.74, 6) is 0.612. The second kappa shape index (κ2) is 13.7. The van der Waals surface area contributed by atoms with Gasteiger partial charge < -0.3 is 30.3 Å². The van der Waals surface area contributed by atoms with Gasteiger partial charge in [-0.2, -0.15) is 0 Å². The maximum atomic E-state index is 11.9. The molecule has 0 spiro atoms. The summed E-state index contributed by atoms with van der Waals surface area (Å²) in [6.45, 7) is 15.3. The second-order valence-electron chi connectivity index (χ2n) is 8.02. The van der Waals surface area contributed by atoms with Gasteiger partial charge >= 0.3 is 12.2 Å². The molecule has 0 aliphatic carbocycles. The normalized spacial score (nSPS) is 11.8. The largest absolute Gasteiger partial charge is 0.444 e. The van der Waals surface area contributed by atoms with Gasteiger partial charge in [0.2, 0.25) is 0 Å². The van der Waals surface area contributed by atoms with E-state index >= 15 is 0 Å². The molecule has 0 aromatic heterocycles. The zero-order valence-electron chi connectivity index (χ0n) is 18.5. The number of ether oxygens (including phenoxy) is 2. The predicted octanol–water partition coefficient (Wildman–Crippen LogP) is 2.55. The van der Waals surface area contributed by atoms with Crippen molar-refractivity contribution in [3.8, 4) is 0 Å². The van der Waals surface area contributed by atoms with Crippen LogP contribution in [0.3, 0.4) is 0 Å². The minimum absolute atomic E-state index is 0. The highest BCUT2D eigenvalue weighted by atomic mass is 127. The van der Waals surface area contributed by atoms with Crippen molar-refractivity contribution < 1.29 is 19.1 Å². The number of nitrogens with zero attached hydrogens (tertiary/aromatic N) is 2. The first-order valence-corrected chi connectivity index (χ1v) is 9.27. The summed E-state index contributed by atoms with van der Waals surface area (Å²) in [6.07, 6.45) is -0.831. The fourth-order valence-electron chi connectivity index (χ4n) is 1.75.